The van der Waals surface area contributed by atoms with Crippen molar-refractivity contribution >= 4 is 21.8 Å². The highest BCUT2D eigenvalue weighted by molar-refractivity contribution is 9.10. The summed E-state index contributed by atoms with van der Waals surface area (Å²) in [6, 6.07) is 13.8. The number of aromatic nitrogens is 2. The van der Waals surface area contributed by atoms with E-state index in [0.717, 1.165) is 23.9 Å². The smallest absolute Gasteiger partial charge is 0.255 e. The first kappa shape index (κ1) is 18.8. The SMILES string of the molecule is O=C(c1ccccc1Br)N1CCC[C@@H](Cc2nc(-c3ccccc3F)no2)C1. The van der Waals surface area contributed by atoms with Crippen LogP contribution in [0.5, 0.6) is 0 Å². The van der Waals surface area contributed by atoms with Crippen molar-refractivity contribution in [1.82, 2.24) is 15.0 Å². The molecule has 4 rings (SSSR count). The van der Waals surface area contributed by atoms with Crippen LogP contribution in [-0.4, -0.2) is 34.0 Å². The molecule has 0 radical (unpaired) electrons. The molecule has 3 aromatic rings. The number of hydrogen-bond acceptors (Lipinski definition) is 4. The van der Waals surface area contributed by atoms with Gasteiger partial charge in [-0.2, -0.15) is 4.98 Å². The third-order valence-corrected chi connectivity index (χ3v) is 5.65. The van der Waals surface area contributed by atoms with Gasteiger partial charge in [0.05, 0.1) is 11.1 Å². The molecule has 5 nitrogen and oxygen atoms in total. The Morgan fingerprint density at radius 3 is 2.82 bits per heavy atom. The van der Waals surface area contributed by atoms with Crippen LogP contribution in [0.2, 0.25) is 0 Å². The Kier molecular flexibility index (Phi) is 5.52. The number of halogens is 2. The van der Waals surface area contributed by atoms with Gasteiger partial charge in [-0.05, 0) is 59.0 Å². The summed E-state index contributed by atoms with van der Waals surface area (Å²) in [5.74, 6) is 0.602. The molecule has 1 aromatic heterocycles. The van der Waals surface area contributed by atoms with Gasteiger partial charge in [0.2, 0.25) is 11.7 Å². The van der Waals surface area contributed by atoms with E-state index >= 15 is 0 Å². The maximum absolute atomic E-state index is 13.9. The van der Waals surface area contributed by atoms with Gasteiger partial charge < -0.3 is 9.42 Å². The normalized spacial score (nSPS) is 16.9. The highest BCUT2D eigenvalue weighted by Crippen LogP contribution is 2.25. The monoisotopic (exact) mass is 443 g/mol. The fourth-order valence-corrected chi connectivity index (χ4v) is 4.01. The summed E-state index contributed by atoms with van der Waals surface area (Å²) < 4.78 is 20.0. The summed E-state index contributed by atoms with van der Waals surface area (Å²) in [4.78, 5) is 19.1. The lowest BCUT2D eigenvalue weighted by atomic mass is 9.94. The van der Waals surface area contributed by atoms with E-state index in [1.54, 1.807) is 18.2 Å². The second-order valence-electron chi connectivity index (χ2n) is 6.93. The molecule has 1 aliphatic heterocycles. The van der Waals surface area contributed by atoms with Crippen LogP contribution in [0.3, 0.4) is 0 Å². The first-order valence-electron chi connectivity index (χ1n) is 9.23. The van der Waals surface area contributed by atoms with Crippen molar-refractivity contribution < 1.29 is 13.7 Å². The third kappa shape index (κ3) is 3.99. The summed E-state index contributed by atoms with van der Waals surface area (Å²) in [6.07, 6.45) is 2.48. The number of carbonyl (C=O) groups is 1. The molecule has 144 valence electrons. The van der Waals surface area contributed by atoms with Crippen LogP contribution in [0, 0.1) is 11.7 Å². The summed E-state index contributed by atoms with van der Waals surface area (Å²) >= 11 is 3.45. The molecule has 1 atom stereocenters. The third-order valence-electron chi connectivity index (χ3n) is 4.96. The van der Waals surface area contributed by atoms with Gasteiger partial charge in [-0.1, -0.05) is 29.4 Å². The second-order valence-corrected chi connectivity index (χ2v) is 7.79. The Hall–Kier alpha value is -2.54. The van der Waals surface area contributed by atoms with Gasteiger partial charge in [0.15, 0.2) is 0 Å². The van der Waals surface area contributed by atoms with Crippen molar-refractivity contribution in [2.75, 3.05) is 13.1 Å². The van der Waals surface area contributed by atoms with Crippen LogP contribution >= 0.6 is 15.9 Å². The molecule has 0 aliphatic carbocycles. The molecule has 1 amide bonds. The molecule has 7 heteroatoms. The topological polar surface area (TPSA) is 59.2 Å². The Bertz CT molecular complexity index is 991. The van der Waals surface area contributed by atoms with Gasteiger partial charge in [-0.3, -0.25) is 4.79 Å². The second kappa shape index (κ2) is 8.22. The molecule has 0 bridgehead atoms. The van der Waals surface area contributed by atoms with E-state index in [1.807, 2.05) is 29.2 Å². The first-order chi connectivity index (χ1) is 13.6. The minimum Gasteiger partial charge on any atom is -0.339 e. The number of amides is 1. The maximum Gasteiger partial charge on any atom is 0.255 e. The summed E-state index contributed by atoms with van der Waals surface area (Å²) in [6.45, 7) is 1.37. The standard InChI is InChI=1S/C21H19BrFN3O2/c22-17-9-3-1-7-15(17)21(27)26-11-5-6-14(13-26)12-19-24-20(25-28-19)16-8-2-4-10-18(16)23/h1-4,7-10,14H,5-6,11-13H2/t14-/m0/s1. The van der Waals surface area contributed by atoms with Gasteiger partial charge >= 0.3 is 0 Å². The van der Waals surface area contributed by atoms with Crippen LogP contribution < -0.4 is 0 Å². The van der Waals surface area contributed by atoms with Gasteiger partial charge in [-0.25, -0.2) is 4.39 Å². The van der Waals surface area contributed by atoms with E-state index in [0.29, 0.717) is 30.0 Å². The number of rotatable bonds is 4. The quantitative estimate of drug-likeness (QED) is 0.584. The van der Waals surface area contributed by atoms with E-state index < -0.39 is 0 Å². The predicted molar refractivity (Wildman–Crippen MR) is 106 cm³/mol. The predicted octanol–water partition coefficient (Wildman–Crippen LogP) is 4.73. The largest absolute Gasteiger partial charge is 0.339 e. The van der Waals surface area contributed by atoms with E-state index in [4.69, 9.17) is 4.52 Å². The molecule has 0 N–H and O–H groups in total. The molecule has 1 fully saturated rings. The van der Waals surface area contributed by atoms with Crippen LogP contribution in [0.25, 0.3) is 11.4 Å². The van der Waals surface area contributed by atoms with E-state index in [2.05, 4.69) is 26.1 Å². The van der Waals surface area contributed by atoms with Gasteiger partial charge in [0.1, 0.15) is 5.82 Å². The fraction of sp³-hybridized carbons (Fsp3) is 0.286. The number of piperidine rings is 1. The van der Waals surface area contributed by atoms with Crippen molar-refractivity contribution in [3.63, 3.8) is 0 Å². The molecular weight excluding hydrogens is 425 g/mol. The number of carbonyl (C=O) groups excluding carboxylic acids is 1. The molecule has 2 aromatic carbocycles. The minimum atomic E-state index is -0.377. The molecule has 2 heterocycles. The lowest BCUT2D eigenvalue weighted by Gasteiger charge is -2.32. The highest BCUT2D eigenvalue weighted by atomic mass is 79.9. The van der Waals surface area contributed by atoms with Crippen LogP contribution in [0.15, 0.2) is 57.5 Å². The number of hydrogen-bond donors (Lipinski definition) is 0. The molecule has 1 aliphatic rings. The molecule has 0 unspecified atom stereocenters. The molecule has 0 saturated carbocycles. The van der Waals surface area contributed by atoms with Gasteiger partial charge in [0, 0.05) is 24.0 Å². The maximum atomic E-state index is 13.9. The Labute approximate surface area is 170 Å². The van der Waals surface area contributed by atoms with Crippen LogP contribution in [-0.2, 0) is 6.42 Å². The fourth-order valence-electron chi connectivity index (χ4n) is 3.56. The zero-order valence-corrected chi connectivity index (χ0v) is 16.7. The average molecular weight is 444 g/mol. The molecule has 1 saturated heterocycles. The van der Waals surface area contributed by atoms with Gasteiger partial charge in [0.25, 0.3) is 5.91 Å². The van der Waals surface area contributed by atoms with Crippen molar-refractivity contribution in [1.29, 1.82) is 0 Å². The zero-order valence-electron chi connectivity index (χ0n) is 15.1. The van der Waals surface area contributed by atoms with Crippen molar-refractivity contribution in [2.24, 2.45) is 5.92 Å². The Morgan fingerprint density at radius 1 is 1.21 bits per heavy atom. The van der Waals surface area contributed by atoms with Crippen LogP contribution in [0.4, 0.5) is 4.39 Å². The van der Waals surface area contributed by atoms with Crippen LogP contribution in [0.1, 0.15) is 29.1 Å². The minimum absolute atomic E-state index is 0.0229. The zero-order chi connectivity index (χ0) is 19.5. The highest BCUT2D eigenvalue weighted by Gasteiger charge is 2.27. The average Bonchev–Trinajstić information content (AvgIpc) is 3.16. The van der Waals surface area contributed by atoms with Crippen molar-refractivity contribution in [3.8, 4) is 11.4 Å². The summed E-state index contributed by atoms with van der Waals surface area (Å²) in [7, 11) is 0. The van der Waals surface area contributed by atoms with Gasteiger partial charge in [-0.15, -0.1) is 0 Å². The Morgan fingerprint density at radius 2 is 2.00 bits per heavy atom. The number of nitrogens with zero attached hydrogens (tertiary/aromatic N) is 3. The lowest BCUT2D eigenvalue weighted by molar-refractivity contribution is 0.0667. The first-order valence-corrected chi connectivity index (χ1v) is 10.0. The summed E-state index contributed by atoms with van der Waals surface area (Å²) in [5.41, 5.74) is 0.995. The van der Waals surface area contributed by atoms with E-state index in [1.165, 1.54) is 6.07 Å². The van der Waals surface area contributed by atoms with Crippen molar-refractivity contribution in [2.45, 2.75) is 19.3 Å². The lowest BCUT2D eigenvalue weighted by Crippen LogP contribution is -2.40. The molecule has 28 heavy (non-hydrogen) atoms. The number of benzene rings is 2. The summed E-state index contributed by atoms with van der Waals surface area (Å²) in [5, 5.41) is 3.91. The van der Waals surface area contributed by atoms with E-state index in [9.17, 15) is 9.18 Å². The Balaban J connectivity index is 1.44. The molecular formula is C21H19BrFN3O2. The van der Waals surface area contributed by atoms with E-state index in [-0.39, 0.29) is 23.5 Å². The van der Waals surface area contributed by atoms with Crippen molar-refractivity contribution in [3.05, 3.63) is 70.3 Å². The number of likely N-dealkylation sites (tertiary alicyclic amines) is 1. The molecule has 0 spiro atoms.